The van der Waals surface area contributed by atoms with Crippen molar-refractivity contribution >= 4 is 67.6 Å². The van der Waals surface area contributed by atoms with Crippen LogP contribution in [0.5, 0.6) is 0 Å². The minimum Gasteiger partial charge on any atom is -1.00 e. The number of nitrogens with one attached hydrogen (secondary N) is 1. The summed E-state index contributed by atoms with van der Waals surface area (Å²) in [5, 5.41) is 34.1. The van der Waals surface area contributed by atoms with E-state index in [0.717, 1.165) is 0 Å². The summed E-state index contributed by atoms with van der Waals surface area (Å²) < 4.78 is 0. The van der Waals surface area contributed by atoms with Gasteiger partial charge in [0.15, 0.2) is 0 Å². The van der Waals surface area contributed by atoms with E-state index >= 15 is 0 Å². The number of hydrogen-bond acceptors (Lipinski definition) is 5. The summed E-state index contributed by atoms with van der Waals surface area (Å²) in [7, 11) is 0. The van der Waals surface area contributed by atoms with Gasteiger partial charge in [0.05, 0.1) is 19.3 Å². The third kappa shape index (κ3) is 20.9. The Bertz CT molecular complexity index is 378. The molecule has 12 heteroatoms. The predicted octanol–water partition coefficient (Wildman–Crippen LogP) is -1.64. The topological polar surface area (TPSA) is 204 Å². The quantitative estimate of drug-likeness (QED) is 0.294. The molecular formula is C9H16CaN2O9. The number of carboxylic acids is 4. The van der Waals surface area contributed by atoms with Crippen molar-refractivity contribution in [2.24, 2.45) is 5.73 Å². The van der Waals surface area contributed by atoms with Crippen LogP contribution in [0.4, 0.5) is 4.79 Å². The van der Waals surface area contributed by atoms with Crippen molar-refractivity contribution < 1.29 is 47.3 Å². The van der Waals surface area contributed by atoms with E-state index in [2.05, 4.69) is 5.73 Å². The summed E-state index contributed by atoms with van der Waals surface area (Å²) in [6, 6.07) is -2.54. The SMILES string of the molecule is NC(=O)NC(CC(=O)O)C(=O)O.O=C(O)CCC(=O)O.[Ca+2].[H-].[H-]. The molecule has 0 heterocycles. The Morgan fingerprint density at radius 1 is 0.905 bits per heavy atom. The van der Waals surface area contributed by atoms with Crippen LogP contribution in [0.25, 0.3) is 0 Å². The smallest absolute Gasteiger partial charge is 1.00 e. The molecule has 21 heavy (non-hydrogen) atoms. The Hall–Kier alpha value is -1.59. The molecule has 0 spiro atoms. The van der Waals surface area contributed by atoms with E-state index in [1.807, 2.05) is 0 Å². The first kappa shape index (κ1) is 24.4. The van der Waals surface area contributed by atoms with Gasteiger partial charge in [-0.1, -0.05) is 0 Å². The zero-order chi connectivity index (χ0) is 16.3. The van der Waals surface area contributed by atoms with Gasteiger partial charge in [0.1, 0.15) is 6.04 Å². The minimum atomic E-state index is -1.47. The average Bonchev–Trinajstić information content (AvgIpc) is 2.25. The third-order valence-electron chi connectivity index (χ3n) is 1.55. The summed E-state index contributed by atoms with van der Waals surface area (Å²) in [5.41, 5.74) is 4.60. The molecule has 0 aromatic carbocycles. The number of carbonyl (C=O) groups excluding carboxylic acids is 1. The van der Waals surface area contributed by atoms with Gasteiger partial charge in [0, 0.05) is 0 Å². The van der Waals surface area contributed by atoms with Gasteiger partial charge in [-0.2, -0.15) is 0 Å². The molecule has 0 fully saturated rings. The van der Waals surface area contributed by atoms with E-state index < -0.39 is 42.4 Å². The zero-order valence-electron chi connectivity index (χ0n) is 12.8. The maximum atomic E-state index is 10.2. The standard InChI is InChI=1S/C5H8N2O5.C4H6O4.Ca.2H/c6-5(12)7-2(4(10)11)1-3(8)9;5-3(6)1-2-4(7)8;;;/h2H,1H2,(H,8,9)(H,10,11)(H3,6,7,12);1-2H2,(H,5,6)(H,7,8);;;/q;;+2;2*-1. The third-order valence-corrected chi connectivity index (χ3v) is 1.55. The predicted molar refractivity (Wildman–Crippen MR) is 68.9 cm³/mol. The fraction of sp³-hybridized carbons (Fsp3) is 0.444. The van der Waals surface area contributed by atoms with Crippen molar-refractivity contribution in [3.63, 3.8) is 0 Å². The van der Waals surface area contributed by atoms with E-state index in [9.17, 15) is 24.0 Å². The molecule has 1 atom stereocenters. The molecule has 0 radical (unpaired) electrons. The van der Waals surface area contributed by atoms with Crippen LogP contribution in [0.3, 0.4) is 0 Å². The second kappa shape index (κ2) is 13.4. The molecule has 0 aliphatic carbocycles. The van der Waals surface area contributed by atoms with E-state index in [1.165, 1.54) is 0 Å². The van der Waals surface area contributed by atoms with Crippen molar-refractivity contribution in [1.29, 1.82) is 0 Å². The maximum absolute atomic E-state index is 10.2. The van der Waals surface area contributed by atoms with Crippen LogP contribution in [0.1, 0.15) is 22.1 Å². The van der Waals surface area contributed by atoms with E-state index in [-0.39, 0.29) is 53.4 Å². The second-order valence-electron chi connectivity index (χ2n) is 3.28. The molecule has 0 rings (SSSR count). The van der Waals surface area contributed by atoms with Crippen LogP contribution in [0.15, 0.2) is 0 Å². The summed E-state index contributed by atoms with van der Waals surface area (Å²) in [6.45, 7) is 0. The molecule has 7 N–H and O–H groups in total. The van der Waals surface area contributed by atoms with Crippen LogP contribution in [0, 0.1) is 0 Å². The van der Waals surface area contributed by atoms with Gasteiger partial charge >= 0.3 is 67.6 Å². The summed E-state index contributed by atoms with van der Waals surface area (Å²) >= 11 is 0. The van der Waals surface area contributed by atoms with Gasteiger partial charge in [0.25, 0.3) is 0 Å². The second-order valence-corrected chi connectivity index (χ2v) is 3.28. The van der Waals surface area contributed by atoms with Gasteiger partial charge in [-0.3, -0.25) is 14.4 Å². The summed E-state index contributed by atoms with van der Waals surface area (Å²) in [5.74, 6) is -4.91. The number of nitrogens with two attached hydrogens (primary N) is 1. The van der Waals surface area contributed by atoms with Crippen LogP contribution in [0.2, 0.25) is 0 Å². The Labute approximate surface area is 151 Å². The van der Waals surface area contributed by atoms with Gasteiger partial charge < -0.3 is 34.3 Å². The largest absolute Gasteiger partial charge is 2.00 e. The molecule has 11 nitrogen and oxygen atoms in total. The van der Waals surface area contributed by atoms with Gasteiger partial charge in [0.2, 0.25) is 0 Å². The molecule has 118 valence electrons. The van der Waals surface area contributed by atoms with Crippen molar-refractivity contribution in [1.82, 2.24) is 5.32 Å². The first-order valence-corrected chi connectivity index (χ1v) is 5.00. The zero-order valence-corrected chi connectivity index (χ0v) is 13.0. The molecular weight excluding hydrogens is 320 g/mol. The molecule has 2 amide bonds. The Morgan fingerprint density at radius 3 is 1.48 bits per heavy atom. The fourth-order valence-electron chi connectivity index (χ4n) is 0.760. The van der Waals surface area contributed by atoms with Crippen LogP contribution >= 0.6 is 0 Å². The van der Waals surface area contributed by atoms with Crippen LogP contribution < -0.4 is 11.1 Å². The molecule has 0 saturated heterocycles. The Balaban J connectivity index is -0.0000000880. The van der Waals surface area contributed by atoms with E-state index in [0.29, 0.717) is 0 Å². The molecule has 0 aliphatic heterocycles. The molecule has 0 aromatic heterocycles. The molecule has 1 unspecified atom stereocenters. The first-order chi connectivity index (χ1) is 9.06. The number of hydrogen-bond donors (Lipinski definition) is 6. The number of urea groups is 1. The Morgan fingerprint density at radius 2 is 1.29 bits per heavy atom. The van der Waals surface area contributed by atoms with Crippen molar-refractivity contribution in [2.75, 3.05) is 0 Å². The molecule has 0 bridgehead atoms. The minimum absolute atomic E-state index is 0. The summed E-state index contributed by atoms with van der Waals surface area (Å²) in [4.78, 5) is 49.7. The van der Waals surface area contributed by atoms with Crippen LogP contribution in [-0.2, 0) is 19.2 Å². The molecule has 0 aromatic rings. The fourth-order valence-corrected chi connectivity index (χ4v) is 0.760. The number of carbonyl (C=O) groups is 5. The monoisotopic (exact) mass is 336 g/mol. The number of aliphatic carboxylic acids is 4. The van der Waals surface area contributed by atoms with Crippen molar-refractivity contribution in [3.8, 4) is 0 Å². The van der Waals surface area contributed by atoms with E-state index in [1.54, 1.807) is 5.32 Å². The van der Waals surface area contributed by atoms with Gasteiger partial charge in [-0.15, -0.1) is 0 Å². The van der Waals surface area contributed by atoms with Crippen molar-refractivity contribution in [2.45, 2.75) is 25.3 Å². The van der Waals surface area contributed by atoms with Crippen molar-refractivity contribution in [3.05, 3.63) is 0 Å². The maximum Gasteiger partial charge on any atom is 2.00 e. The first-order valence-electron chi connectivity index (χ1n) is 5.00. The Kier molecular flexibility index (Phi) is 15.6. The number of primary amides is 1. The molecule has 0 saturated carbocycles. The normalized spacial score (nSPS) is 9.90. The average molecular weight is 336 g/mol. The molecule has 0 aliphatic rings. The number of rotatable bonds is 7. The van der Waals surface area contributed by atoms with Gasteiger partial charge in [-0.05, 0) is 0 Å². The number of amides is 2. The van der Waals surface area contributed by atoms with Crippen LogP contribution in [-0.4, -0.2) is 94.1 Å². The summed E-state index contributed by atoms with van der Waals surface area (Å²) in [6.07, 6.45) is -1.29. The number of carboxylic acid groups (broad SMARTS) is 4. The van der Waals surface area contributed by atoms with Gasteiger partial charge in [-0.25, -0.2) is 9.59 Å². The van der Waals surface area contributed by atoms with E-state index in [4.69, 9.17) is 20.4 Å².